The third-order valence-corrected chi connectivity index (χ3v) is 3.97. The van der Waals surface area contributed by atoms with Crippen LogP contribution < -0.4 is 0 Å². The summed E-state index contributed by atoms with van der Waals surface area (Å²) in [6, 6.07) is 10.4. The second kappa shape index (κ2) is 6.67. The third-order valence-electron chi connectivity index (χ3n) is 3.97. The largest absolute Gasteiger partial charge is 0.301 e. The third kappa shape index (κ3) is 4.03. The summed E-state index contributed by atoms with van der Waals surface area (Å²) < 4.78 is 0. The van der Waals surface area contributed by atoms with Gasteiger partial charge < -0.3 is 4.90 Å². The lowest BCUT2D eigenvalue weighted by molar-refractivity contribution is -0.126. The fourth-order valence-electron chi connectivity index (χ4n) is 2.83. The van der Waals surface area contributed by atoms with E-state index < -0.39 is 0 Å². The van der Waals surface area contributed by atoms with Gasteiger partial charge in [0.25, 0.3) is 0 Å². The number of ketones is 1. The highest BCUT2D eigenvalue weighted by atomic mass is 16.1. The van der Waals surface area contributed by atoms with Gasteiger partial charge in [0.1, 0.15) is 5.78 Å². The van der Waals surface area contributed by atoms with Crippen molar-refractivity contribution in [1.29, 1.82) is 0 Å². The van der Waals surface area contributed by atoms with E-state index in [1.807, 2.05) is 12.1 Å². The van der Waals surface area contributed by atoms with Crippen molar-refractivity contribution in [3.05, 3.63) is 48.6 Å². The summed E-state index contributed by atoms with van der Waals surface area (Å²) >= 11 is 0. The number of nitrogens with zero attached hydrogens (tertiary/aromatic N) is 1. The van der Waals surface area contributed by atoms with Gasteiger partial charge in [-0.1, -0.05) is 36.4 Å². The monoisotopic (exact) mass is 257 g/mol. The molecule has 1 aliphatic carbocycles. The summed E-state index contributed by atoms with van der Waals surface area (Å²) in [5, 5.41) is 0. The molecule has 0 aliphatic heterocycles. The quantitative estimate of drug-likeness (QED) is 0.754. The van der Waals surface area contributed by atoms with E-state index in [9.17, 15) is 4.79 Å². The van der Waals surface area contributed by atoms with E-state index >= 15 is 0 Å². The Balaban J connectivity index is 1.84. The maximum absolute atomic E-state index is 12.1. The summed E-state index contributed by atoms with van der Waals surface area (Å²) in [5.41, 5.74) is 1.30. The summed E-state index contributed by atoms with van der Waals surface area (Å²) in [4.78, 5) is 14.3. The molecule has 2 unspecified atom stereocenters. The first-order valence-corrected chi connectivity index (χ1v) is 7.06. The lowest BCUT2D eigenvalue weighted by atomic mass is 9.81. The van der Waals surface area contributed by atoms with Crippen LogP contribution in [-0.4, -0.2) is 24.3 Å². The summed E-state index contributed by atoms with van der Waals surface area (Å²) in [6.45, 7) is 5.58. The van der Waals surface area contributed by atoms with E-state index in [0.29, 0.717) is 18.1 Å². The first-order valence-electron chi connectivity index (χ1n) is 7.06. The second-order valence-corrected chi connectivity index (χ2v) is 5.62. The minimum Gasteiger partial charge on any atom is -0.301 e. The lowest BCUT2D eigenvalue weighted by Gasteiger charge is -2.29. The van der Waals surface area contributed by atoms with Crippen molar-refractivity contribution in [3.8, 4) is 0 Å². The van der Waals surface area contributed by atoms with E-state index in [1.54, 1.807) is 0 Å². The van der Waals surface area contributed by atoms with E-state index in [-0.39, 0.29) is 5.92 Å². The van der Waals surface area contributed by atoms with Gasteiger partial charge in [-0.3, -0.25) is 4.79 Å². The number of benzene rings is 1. The highest BCUT2D eigenvalue weighted by molar-refractivity contribution is 5.82. The Labute approximate surface area is 116 Å². The standard InChI is InChI=1S/C17H23NO/c1-3-14-9-10-16(17(19)11-14)13-18(2)12-15-7-5-4-6-8-15/h3-8,14,16H,1,9-13H2,2H3. The number of Topliss-reactive ketones (excluding diaryl/α,β-unsaturated/α-hetero) is 1. The summed E-state index contributed by atoms with van der Waals surface area (Å²) in [6.07, 6.45) is 4.74. The molecule has 1 aromatic rings. The Morgan fingerprint density at radius 2 is 2.05 bits per heavy atom. The van der Waals surface area contributed by atoms with Crippen molar-refractivity contribution in [2.45, 2.75) is 25.8 Å². The van der Waals surface area contributed by atoms with Crippen LogP contribution in [-0.2, 0) is 11.3 Å². The first kappa shape index (κ1) is 14.0. The van der Waals surface area contributed by atoms with Crippen LogP contribution in [0.25, 0.3) is 0 Å². The van der Waals surface area contributed by atoms with Gasteiger partial charge >= 0.3 is 0 Å². The van der Waals surface area contributed by atoms with Gasteiger partial charge in [0, 0.05) is 25.4 Å². The molecule has 1 fully saturated rings. The Morgan fingerprint density at radius 3 is 2.68 bits per heavy atom. The van der Waals surface area contributed by atoms with E-state index in [1.165, 1.54) is 5.56 Å². The van der Waals surface area contributed by atoms with Crippen LogP contribution >= 0.6 is 0 Å². The molecule has 2 nitrogen and oxygen atoms in total. The van der Waals surface area contributed by atoms with Crippen LogP contribution in [0.5, 0.6) is 0 Å². The number of allylic oxidation sites excluding steroid dienone is 1. The van der Waals surface area contributed by atoms with Crippen LogP contribution in [0.3, 0.4) is 0 Å². The molecule has 0 N–H and O–H groups in total. The lowest BCUT2D eigenvalue weighted by Crippen LogP contribution is -2.34. The maximum atomic E-state index is 12.1. The molecule has 0 heterocycles. The molecule has 1 aromatic carbocycles. The molecule has 1 aliphatic rings. The molecule has 2 rings (SSSR count). The van der Waals surface area contributed by atoms with E-state index in [4.69, 9.17) is 0 Å². The molecule has 0 aromatic heterocycles. The minimum absolute atomic E-state index is 0.213. The number of hydrogen-bond donors (Lipinski definition) is 0. The van der Waals surface area contributed by atoms with Crippen molar-refractivity contribution in [2.75, 3.05) is 13.6 Å². The van der Waals surface area contributed by atoms with Crippen molar-refractivity contribution >= 4 is 5.78 Å². The molecule has 0 radical (unpaired) electrons. The van der Waals surface area contributed by atoms with Crippen LogP contribution in [0, 0.1) is 11.8 Å². The Kier molecular flexibility index (Phi) is 4.92. The first-order chi connectivity index (χ1) is 9.19. The Hall–Kier alpha value is -1.41. The van der Waals surface area contributed by atoms with Crippen molar-refractivity contribution in [1.82, 2.24) is 4.90 Å². The number of rotatable bonds is 5. The highest BCUT2D eigenvalue weighted by Gasteiger charge is 2.27. The molecule has 0 bridgehead atoms. The van der Waals surface area contributed by atoms with Crippen LogP contribution in [0.4, 0.5) is 0 Å². The summed E-state index contributed by atoms with van der Waals surface area (Å²) in [5.74, 6) is 1.03. The fraction of sp³-hybridized carbons (Fsp3) is 0.471. The van der Waals surface area contributed by atoms with Gasteiger partial charge in [-0.05, 0) is 31.4 Å². The SMILES string of the molecule is C=CC1CCC(CN(C)Cc2ccccc2)C(=O)C1. The zero-order chi connectivity index (χ0) is 13.7. The smallest absolute Gasteiger partial charge is 0.137 e. The highest BCUT2D eigenvalue weighted by Crippen LogP contribution is 2.27. The molecule has 0 spiro atoms. The number of carbonyl (C=O) groups is 1. The predicted molar refractivity (Wildman–Crippen MR) is 78.8 cm³/mol. The van der Waals surface area contributed by atoms with E-state index in [2.05, 4.69) is 42.8 Å². The van der Waals surface area contributed by atoms with Gasteiger partial charge in [0.05, 0.1) is 0 Å². The Morgan fingerprint density at radius 1 is 1.32 bits per heavy atom. The normalized spacial score (nSPS) is 23.6. The van der Waals surface area contributed by atoms with Gasteiger partial charge in [0.15, 0.2) is 0 Å². The maximum Gasteiger partial charge on any atom is 0.137 e. The van der Waals surface area contributed by atoms with Crippen molar-refractivity contribution < 1.29 is 4.79 Å². The van der Waals surface area contributed by atoms with Crippen LogP contribution in [0.15, 0.2) is 43.0 Å². The fourth-order valence-corrected chi connectivity index (χ4v) is 2.83. The van der Waals surface area contributed by atoms with Crippen LogP contribution in [0.2, 0.25) is 0 Å². The predicted octanol–water partition coefficient (Wildman–Crippen LogP) is 3.29. The molecule has 102 valence electrons. The molecule has 19 heavy (non-hydrogen) atoms. The van der Waals surface area contributed by atoms with Gasteiger partial charge in [-0.2, -0.15) is 0 Å². The zero-order valence-corrected chi connectivity index (χ0v) is 11.7. The molecule has 2 atom stereocenters. The van der Waals surface area contributed by atoms with Crippen molar-refractivity contribution in [3.63, 3.8) is 0 Å². The molecule has 1 saturated carbocycles. The van der Waals surface area contributed by atoms with Gasteiger partial charge in [-0.15, -0.1) is 6.58 Å². The zero-order valence-electron chi connectivity index (χ0n) is 11.7. The average molecular weight is 257 g/mol. The summed E-state index contributed by atoms with van der Waals surface area (Å²) in [7, 11) is 2.10. The molecule has 0 amide bonds. The molecule has 0 saturated heterocycles. The molecular formula is C17H23NO. The second-order valence-electron chi connectivity index (χ2n) is 5.62. The van der Waals surface area contributed by atoms with E-state index in [0.717, 1.165) is 25.9 Å². The Bertz CT molecular complexity index is 426. The topological polar surface area (TPSA) is 20.3 Å². The van der Waals surface area contributed by atoms with Gasteiger partial charge in [0.2, 0.25) is 0 Å². The molecule has 2 heteroatoms. The minimum atomic E-state index is 0.213. The number of hydrogen-bond acceptors (Lipinski definition) is 2. The van der Waals surface area contributed by atoms with Crippen LogP contribution in [0.1, 0.15) is 24.8 Å². The van der Waals surface area contributed by atoms with Gasteiger partial charge in [-0.25, -0.2) is 0 Å². The average Bonchev–Trinajstić information content (AvgIpc) is 2.42. The number of carbonyl (C=O) groups excluding carboxylic acids is 1. The van der Waals surface area contributed by atoms with Crippen molar-refractivity contribution in [2.24, 2.45) is 11.8 Å². The molecular weight excluding hydrogens is 234 g/mol.